The Balaban J connectivity index is 1.33. The average molecular weight is 541 g/mol. The number of rotatable bonds is 11. The molecule has 1 amide bonds. The van der Waals surface area contributed by atoms with Crippen molar-refractivity contribution in [3.63, 3.8) is 0 Å². The number of carbonyl (C=O) groups is 1. The van der Waals surface area contributed by atoms with Gasteiger partial charge in [-0.3, -0.25) is 4.79 Å². The van der Waals surface area contributed by atoms with E-state index in [9.17, 15) is 4.79 Å². The maximum Gasteiger partial charge on any atom is 0.243 e. The highest BCUT2D eigenvalue weighted by atomic mass is 35.5. The van der Waals surface area contributed by atoms with Crippen molar-refractivity contribution in [1.29, 1.82) is 0 Å². The first kappa shape index (κ1) is 25.7. The number of tetrazole rings is 1. The highest BCUT2D eigenvalue weighted by Crippen LogP contribution is 2.29. The summed E-state index contributed by atoms with van der Waals surface area (Å²) in [6.45, 7) is 0.137. The Morgan fingerprint density at radius 2 is 1.54 bits per heavy atom. The van der Waals surface area contributed by atoms with Gasteiger partial charge in [-0.05, 0) is 71.1 Å². The van der Waals surface area contributed by atoms with E-state index in [1.165, 1.54) is 0 Å². The lowest BCUT2D eigenvalue weighted by atomic mass is 10.2. The molecule has 0 radical (unpaired) electrons. The minimum atomic E-state index is -0.522. The second kappa shape index (κ2) is 12.6. The van der Waals surface area contributed by atoms with Crippen LogP contribution in [0.3, 0.4) is 0 Å². The van der Waals surface area contributed by atoms with E-state index in [0.717, 1.165) is 11.4 Å². The number of para-hydroxylation sites is 3. The van der Waals surface area contributed by atoms with Crippen molar-refractivity contribution >= 4 is 28.9 Å². The summed E-state index contributed by atoms with van der Waals surface area (Å²) in [4.78, 5) is 15.1. The van der Waals surface area contributed by atoms with Gasteiger partial charge in [0.15, 0.2) is 5.82 Å². The zero-order valence-corrected chi connectivity index (χ0v) is 21.5. The number of hydrogen-bond acceptors (Lipinski definition) is 7. The smallest absolute Gasteiger partial charge is 0.243 e. The third-order valence-electron chi connectivity index (χ3n) is 5.81. The Bertz CT molecular complexity index is 1470. The van der Waals surface area contributed by atoms with Crippen LogP contribution >= 0.6 is 11.6 Å². The number of anilines is 2. The normalized spacial score (nSPS) is 11.4. The summed E-state index contributed by atoms with van der Waals surface area (Å²) in [5.41, 5.74) is 1.43. The molecule has 0 aliphatic heterocycles. The summed E-state index contributed by atoms with van der Waals surface area (Å²) in [7, 11) is 0. The molecular weight excluding hydrogens is 516 g/mol. The molecule has 1 unspecified atom stereocenters. The molecule has 39 heavy (non-hydrogen) atoms. The average Bonchev–Trinajstić information content (AvgIpc) is 3.50. The number of H-pyrrole nitrogens is 1. The highest BCUT2D eigenvalue weighted by Gasteiger charge is 2.27. The Kier molecular flexibility index (Phi) is 8.30. The third kappa shape index (κ3) is 6.91. The van der Waals surface area contributed by atoms with E-state index in [2.05, 4.69) is 25.9 Å². The number of hydrogen-bond donors (Lipinski definition) is 2. The number of carbonyl (C=O) groups excluding carboxylic acids is 1. The van der Waals surface area contributed by atoms with E-state index in [-0.39, 0.29) is 19.1 Å². The second-order valence-corrected chi connectivity index (χ2v) is 8.90. The summed E-state index contributed by atoms with van der Waals surface area (Å²) in [5, 5.41) is 17.8. The zero-order chi connectivity index (χ0) is 26.9. The largest absolute Gasteiger partial charge is 0.489 e. The Morgan fingerprint density at radius 3 is 2.23 bits per heavy atom. The first-order valence-corrected chi connectivity index (χ1v) is 12.6. The molecule has 1 heterocycles. The monoisotopic (exact) mass is 540 g/mol. The van der Waals surface area contributed by atoms with E-state index in [1.807, 2.05) is 77.7 Å². The number of aromatic nitrogens is 4. The Hall–Kier alpha value is -4.89. The van der Waals surface area contributed by atoms with Gasteiger partial charge in [-0.2, -0.15) is 0 Å². The summed E-state index contributed by atoms with van der Waals surface area (Å²) in [6.07, 6.45) is 0. The molecule has 5 rings (SSSR count). The molecule has 0 bridgehead atoms. The van der Waals surface area contributed by atoms with Gasteiger partial charge in [-0.1, -0.05) is 60.1 Å². The van der Waals surface area contributed by atoms with Gasteiger partial charge in [0.25, 0.3) is 0 Å². The topological polar surface area (TPSA) is 105 Å². The van der Waals surface area contributed by atoms with E-state index >= 15 is 0 Å². The van der Waals surface area contributed by atoms with Crippen molar-refractivity contribution in [2.45, 2.75) is 6.04 Å². The molecular formula is C29H25ClN6O3. The van der Waals surface area contributed by atoms with Crippen LogP contribution in [-0.4, -0.2) is 39.7 Å². The molecule has 1 atom stereocenters. The fourth-order valence-electron chi connectivity index (χ4n) is 3.94. The number of ether oxygens (including phenoxy) is 2. The lowest BCUT2D eigenvalue weighted by molar-refractivity contribution is -0.115. The maximum absolute atomic E-state index is 13.3. The molecule has 1 aromatic heterocycles. The molecule has 0 saturated heterocycles. The summed E-state index contributed by atoms with van der Waals surface area (Å²) < 4.78 is 11.9. The van der Waals surface area contributed by atoms with Crippen LogP contribution in [0.15, 0.2) is 109 Å². The van der Waals surface area contributed by atoms with Gasteiger partial charge in [-0.25, -0.2) is 5.10 Å². The van der Waals surface area contributed by atoms with E-state index in [1.54, 1.807) is 36.4 Å². The molecule has 0 saturated carbocycles. The van der Waals surface area contributed by atoms with Crippen molar-refractivity contribution in [1.82, 2.24) is 20.6 Å². The first-order chi connectivity index (χ1) is 19.2. The molecule has 196 valence electrons. The van der Waals surface area contributed by atoms with Crippen LogP contribution in [0.25, 0.3) is 0 Å². The van der Waals surface area contributed by atoms with Gasteiger partial charge in [-0.15, -0.1) is 5.10 Å². The van der Waals surface area contributed by atoms with Crippen LogP contribution in [0.2, 0.25) is 5.02 Å². The van der Waals surface area contributed by atoms with Gasteiger partial charge in [0, 0.05) is 11.4 Å². The minimum Gasteiger partial charge on any atom is -0.489 e. The standard InChI is InChI=1S/C29H25ClN6O3/c30-25-13-7-8-14-27(25)38-20-26(29-32-34-35-33-29)36(22-9-3-1-4-10-22)19-28(37)31-21-15-17-24(18-16-21)39-23-11-5-2-6-12-23/h1-18,26H,19-20H2,(H,31,37)(H,32,33,34,35). The lowest BCUT2D eigenvalue weighted by Gasteiger charge is -2.31. The maximum atomic E-state index is 13.3. The molecule has 2 N–H and O–H groups in total. The number of aromatic amines is 1. The third-order valence-corrected chi connectivity index (χ3v) is 6.12. The molecule has 0 aliphatic rings. The summed E-state index contributed by atoms with van der Waals surface area (Å²) >= 11 is 6.30. The van der Waals surface area contributed by atoms with Crippen molar-refractivity contribution in [2.75, 3.05) is 23.4 Å². The quantitative estimate of drug-likeness (QED) is 0.214. The molecule has 4 aromatic carbocycles. The fraction of sp³-hybridized carbons (Fsp3) is 0.103. The van der Waals surface area contributed by atoms with Crippen molar-refractivity contribution in [3.8, 4) is 17.2 Å². The molecule has 10 heteroatoms. The first-order valence-electron chi connectivity index (χ1n) is 12.2. The predicted molar refractivity (Wildman–Crippen MR) is 149 cm³/mol. The van der Waals surface area contributed by atoms with Crippen molar-refractivity contribution in [2.24, 2.45) is 0 Å². The van der Waals surface area contributed by atoms with Gasteiger partial charge in [0.05, 0.1) is 11.6 Å². The van der Waals surface area contributed by atoms with E-state index < -0.39 is 6.04 Å². The van der Waals surface area contributed by atoms with Crippen molar-refractivity contribution in [3.05, 3.63) is 120 Å². The van der Waals surface area contributed by atoms with Gasteiger partial charge in [0.1, 0.15) is 29.9 Å². The lowest BCUT2D eigenvalue weighted by Crippen LogP contribution is -2.39. The Morgan fingerprint density at radius 1 is 0.872 bits per heavy atom. The van der Waals surface area contributed by atoms with Crippen LogP contribution in [0.4, 0.5) is 11.4 Å². The zero-order valence-electron chi connectivity index (χ0n) is 20.8. The molecule has 0 aliphatic carbocycles. The van der Waals surface area contributed by atoms with Gasteiger partial charge in [0.2, 0.25) is 5.91 Å². The molecule has 0 fully saturated rings. The van der Waals surface area contributed by atoms with Gasteiger partial charge < -0.3 is 19.7 Å². The van der Waals surface area contributed by atoms with Crippen molar-refractivity contribution < 1.29 is 14.3 Å². The number of benzene rings is 4. The van der Waals surface area contributed by atoms with Crippen LogP contribution in [-0.2, 0) is 4.79 Å². The number of nitrogens with one attached hydrogen (secondary N) is 2. The van der Waals surface area contributed by atoms with E-state index in [4.69, 9.17) is 21.1 Å². The highest BCUT2D eigenvalue weighted by molar-refractivity contribution is 6.32. The molecule has 0 spiro atoms. The number of nitrogens with zero attached hydrogens (tertiary/aromatic N) is 4. The van der Waals surface area contributed by atoms with Crippen LogP contribution in [0.5, 0.6) is 17.2 Å². The fourth-order valence-corrected chi connectivity index (χ4v) is 4.13. The predicted octanol–water partition coefficient (Wildman–Crippen LogP) is 5.91. The summed E-state index contributed by atoms with van der Waals surface area (Å²) in [5.74, 6) is 2.14. The minimum absolute atomic E-state index is 0.00350. The SMILES string of the molecule is O=C(CN(c1ccccc1)C(COc1ccccc1Cl)c1nnn[nH]1)Nc1ccc(Oc2ccccc2)cc1. The molecule has 5 aromatic rings. The number of amides is 1. The Labute approximate surface area is 230 Å². The molecule has 9 nitrogen and oxygen atoms in total. The van der Waals surface area contributed by atoms with Crippen LogP contribution in [0, 0.1) is 0 Å². The number of halogens is 1. The van der Waals surface area contributed by atoms with Crippen LogP contribution < -0.4 is 19.7 Å². The van der Waals surface area contributed by atoms with Gasteiger partial charge >= 0.3 is 0 Å². The van der Waals surface area contributed by atoms with Crippen LogP contribution in [0.1, 0.15) is 11.9 Å². The van der Waals surface area contributed by atoms with E-state index in [0.29, 0.717) is 28.0 Å². The second-order valence-electron chi connectivity index (χ2n) is 8.49. The summed E-state index contributed by atoms with van der Waals surface area (Å²) in [6, 6.07) is 32.9.